The number of nitrogens with two attached hydrogens (primary N) is 1. The Morgan fingerprint density at radius 3 is 2.35 bits per heavy atom. The third-order valence-corrected chi connectivity index (χ3v) is 3.23. The van der Waals surface area contributed by atoms with Crippen molar-refractivity contribution in [3.8, 4) is 5.75 Å². The van der Waals surface area contributed by atoms with Crippen LogP contribution in [0.1, 0.15) is 16.7 Å². The van der Waals surface area contributed by atoms with Crippen LogP contribution in [-0.4, -0.2) is 0 Å². The van der Waals surface area contributed by atoms with E-state index in [1.54, 1.807) is 12.1 Å². The van der Waals surface area contributed by atoms with Gasteiger partial charge in [0.2, 0.25) is 0 Å². The van der Waals surface area contributed by atoms with Gasteiger partial charge < -0.3 is 10.5 Å². The zero-order chi connectivity index (χ0) is 14.7. The maximum atomic E-state index is 13.7. The van der Waals surface area contributed by atoms with Crippen LogP contribution in [0.2, 0.25) is 5.02 Å². The Hall–Kier alpha value is -1.65. The first kappa shape index (κ1) is 14.8. The fraction of sp³-hybridized carbons (Fsp3) is 0.200. The van der Waals surface area contributed by atoms with Crippen LogP contribution in [0.4, 0.5) is 8.78 Å². The lowest BCUT2D eigenvalue weighted by Crippen LogP contribution is -2.04. The molecule has 0 saturated heterocycles. The van der Waals surface area contributed by atoms with Crippen molar-refractivity contribution >= 4 is 11.6 Å². The minimum atomic E-state index is -0.770. The van der Waals surface area contributed by atoms with E-state index in [1.165, 1.54) is 0 Å². The first-order valence-electron chi connectivity index (χ1n) is 6.07. The molecule has 0 radical (unpaired) electrons. The first-order valence-corrected chi connectivity index (χ1v) is 6.45. The third-order valence-electron chi connectivity index (χ3n) is 2.87. The Bertz CT molecular complexity index is 608. The molecule has 106 valence electrons. The first-order chi connectivity index (χ1) is 9.51. The van der Waals surface area contributed by atoms with Crippen molar-refractivity contribution in [3.63, 3.8) is 0 Å². The number of rotatable bonds is 4. The van der Waals surface area contributed by atoms with Crippen molar-refractivity contribution in [1.29, 1.82) is 0 Å². The van der Waals surface area contributed by atoms with E-state index in [9.17, 15) is 8.78 Å². The van der Waals surface area contributed by atoms with Crippen LogP contribution in [0.25, 0.3) is 0 Å². The Morgan fingerprint density at radius 2 is 1.80 bits per heavy atom. The molecule has 0 atom stereocenters. The highest BCUT2D eigenvalue weighted by Crippen LogP contribution is 2.26. The molecule has 2 nitrogen and oxygen atoms in total. The summed E-state index contributed by atoms with van der Waals surface area (Å²) in [5.41, 5.74) is 7.39. The third kappa shape index (κ3) is 3.26. The second-order valence-corrected chi connectivity index (χ2v) is 4.88. The van der Waals surface area contributed by atoms with E-state index >= 15 is 0 Å². The fourth-order valence-corrected chi connectivity index (χ4v) is 2.08. The van der Waals surface area contributed by atoms with Gasteiger partial charge in [-0.3, -0.25) is 0 Å². The molecule has 0 unspecified atom stereocenters. The van der Waals surface area contributed by atoms with Crippen LogP contribution in [-0.2, 0) is 13.2 Å². The summed E-state index contributed by atoms with van der Waals surface area (Å²) >= 11 is 6.04. The highest BCUT2D eigenvalue weighted by atomic mass is 35.5. The molecule has 0 aromatic heterocycles. The summed E-state index contributed by atoms with van der Waals surface area (Å²) < 4.78 is 32.6. The summed E-state index contributed by atoms with van der Waals surface area (Å²) in [4.78, 5) is 0. The lowest BCUT2D eigenvalue weighted by Gasteiger charge is -2.11. The lowest BCUT2D eigenvalue weighted by molar-refractivity contribution is 0.274. The van der Waals surface area contributed by atoms with Crippen LogP contribution in [0, 0.1) is 18.6 Å². The molecule has 0 saturated carbocycles. The van der Waals surface area contributed by atoms with Gasteiger partial charge in [0.1, 0.15) is 6.61 Å². The van der Waals surface area contributed by atoms with E-state index in [2.05, 4.69) is 0 Å². The van der Waals surface area contributed by atoms with E-state index in [0.717, 1.165) is 17.7 Å². The summed E-state index contributed by atoms with van der Waals surface area (Å²) in [5.74, 6) is -1.96. The maximum Gasteiger partial charge on any atom is 0.191 e. The molecule has 2 aromatic rings. The summed E-state index contributed by atoms with van der Waals surface area (Å²) in [5, 5.41) is 0.504. The SMILES string of the molecule is Cc1ccc(COc2c(F)cc(CN)cc2F)c(Cl)c1. The second-order valence-electron chi connectivity index (χ2n) is 4.48. The molecular weight excluding hydrogens is 284 g/mol. The standard InChI is InChI=1S/C15H14ClF2NO/c1-9-2-3-11(12(16)4-9)8-20-15-13(17)5-10(7-19)6-14(15)18/h2-6H,7-8,19H2,1H3. The van der Waals surface area contributed by atoms with E-state index in [4.69, 9.17) is 22.1 Å². The van der Waals surface area contributed by atoms with Crippen LogP contribution in [0.15, 0.2) is 30.3 Å². The fourth-order valence-electron chi connectivity index (χ4n) is 1.79. The molecule has 2 N–H and O–H groups in total. The smallest absolute Gasteiger partial charge is 0.191 e. The summed E-state index contributed by atoms with van der Waals surface area (Å²) in [6.45, 7) is 1.97. The Kier molecular flexibility index (Phi) is 4.57. The molecule has 0 bridgehead atoms. The van der Waals surface area contributed by atoms with Gasteiger partial charge in [-0.05, 0) is 36.2 Å². The van der Waals surface area contributed by atoms with E-state index in [-0.39, 0.29) is 13.2 Å². The quantitative estimate of drug-likeness (QED) is 0.927. The normalized spacial score (nSPS) is 10.7. The van der Waals surface area contributed by atoms with Crippen molar-refractivity contribution in [3.05, 3.63) is 63.7 Å². The summed E-state index contributed by atoms with van der Waals surface area (Å²) in [7, 11) is 0. The molecule has 5 heteroatoms. The highest BCUT2D eigenvalue weighted by molar-refractivity contribution is 6.31. The van der Waals surface area contributed by atoms with E-state index in [0.29, 0.717) is 16.1 Å². The van der Waals surface area contributed by atoms with Crippen LogP contribution >= 0.6 is 11.6 Å². The van der Waals surface area contributed by atoms with Crippen LogP contribution in [0.3, 0.4) is 0 Å². The Morgan fingerprint density at radius 1 is 1.15 bits per heavy atom. The van der Waals surface area contributed by atoms with Gasteiger partial charge in [0.25, 0.3) is 0 Å². The van der Waals surface area contributed by atoms with Gasteiger partial charge in [-0.25, -0.2) is 8.78 Å². The highest BCUT2D eigenvalue weighted by Gasteiger charge is 2.13. The van der Waals surface area contributed by atoms with Crippen molar-refractivity contribution in [2.45, 2.75) is 20.1 Å². The zero-order valence-electron chi connectivity index (χ0n) is 10.9. The number of hydrogen-bond acceptors (Lipinski definition) is 2. The minimum Gasteiger partial charge on any atom is -0.483 e. The molecule has 2 rings (SSSR count). The summed E-state index contributed by atoms with van der Waals surface area (Å²) in [6.07, 6.45) is 0. The predicted octanol–water partition coefficient (Wildman–Crippen LogP) is 3.96. The monoisotopic (exact) mass is 297 g/mol. The Balaban J connectivity index is 2.19. The largest absolute Gasteiger partial charge is 0.483 e. The van der Waals surface area contributed by atoms with Gasteiger partial charge in [-0.1, -0.05) is 23.7 Å². The molecule has 2 aromatic carbocycles. The topological polar surface area (TPSA) is 35.2 Å². The number of aryl methyl sites for hydroxylation is 1. The van der Waals surface area contributed by atoms with Gasteiger partial charge in [0, 0.05) is 17.1 Å². The molecule has 0 spiro atoms. The molecule has 0 aliphatic heterocycles. The minimum absolute atomic E-state index is 0.00503. The van der Waals surface area contributed by atoms with Gasteiger partial charge in [-0.2, -0.15) is 0 Å². The van der Waals surface area contributed by atoms with E-state index in [1.807, 2.05) is 13.0 Å². The molecular formula is C15H14ClF2NO. The number of benzene rings is 2. The number of ether oxygens (including phenoxy) is 1. The van der Waals surface area contributed by atoms with E-state index < -0.39 is 17.4 Å². The maximum absolute atomic E-state index is 13.7. The van der Waals surface area contributed by atoms with Crippen LogP contribution in [0.5, 0.6) is 5.75 Å². The average Bonchev–Trinajstić information content (AvgIpc) is 2.39. The molecule has 0 heterocycles. The molecule has 0 aliphatic rings. The van der Waals surface area contributed by atoms with Crippen molar-refractivity contribution < 1.29 is 13.5 Å². The van der Waals surface area contributed by atoms with Crippen LogP contribution < -0.4 is 10.5 Å². The Labute approximate surface area is 121 Å². The molecule has 0 amide bonds. The van der Waals surface area contributed by atoms with Gasteiger partial charge >= 0.3 is 0 Å². The van der Waals surface area contributed by atoms with Gasteiger partial charge in [0.15, 0.2) is 17.4 Å². The average molecular weight is 298 g/mol. The van der Waals surface area contributed by atoms with Gasteiger partial charge in [-0.15, -0.1) is 0 Å². The number of halogens is 3. The molecule has 0 fully saturated rings. The van der Waals surface area contributed by atoms with Gasteiger partial charge in [0.05, 0.1) is 0 Å². The zero-order valence-corrected chi connectivity index (χ0v) is 11.7. The second kappa shape index (κ2) is 6.20. The predicted molar refractivity (Wildman–Crippen MR) is 74.8 cm³/mol. The molecule has 20 heavy (non-hydrogen) atoms. The lowest BCUT2D eigenvalue weighted by atomic mass is 10.1. The summed E-state index contributed by atoms with van der Waals surface area (Å²) in [6, 6.07) is 7.71. The van der Waals surface area contributed by atoms with Crippen molar-refractivity contribution in [2.24, 2.45) is 5.73 Å². The number of hydrogen-bond donors (Lipinski definition) is 1. The van der Waals surface area contributed by atoms with Crippen molar-refractivity contribution in [2.75, 3.05) is 0 Å². The van der Waals surface area contributed by atoms with Crippen molar-refractivity contribution in [1.82, 2.24) is 0 Å². The molecule has 0 aliphatic carbocycles.